The van der Waals surface area contributed by atoms with E-state index in [0.717, 1.165) is 16.7 Å². The van der Waals surface area contributed by atoms with Crippen molar-refractivity contribution in [1.82, 2.24) is 4.90 Å². The number of hydrogen-bond donors (Lipinski definition) is 0. The molecule has 6 atom stereocenters. The molecule has 4 aromatic rings. The molecule has 2 saturated heterocycles. The molecule has 2 fully saturated rings. The van der Waals surface area contributed by atoms with Gasteiger partial charge in [-0.05, 0) is 53.4 Å². The van der Waals surface area contributed by atoms with Gasteiger partial charge in [-0.1, -0.05) is 84.9 Å². The second-order valence-corrected chi connectivity index (χ2v) is 12.2. The third-order valence-electron chi connectivity index (χ3n) is 10.0. The molecule has 0 saturated carbocycles. The molecule has 3 aliphatic heterocycles. The number of amides is 1. The molecule has 0 bridgehead atoms. The fraction of sp³-hybridized carbons (Fsp3) is 0.297. The first kappa shape index (κ1) is 29.7. The van der Waals surface area contributed by atoms with Gasteiger partial charge in [-0.3, -0.25) is 19.8 Å². The zero-order valence-electron chi connectivity index (χ0n) is 25.7. The summed E-state index contributed by atoms with van der Waals surface area (Å²) in [4.78, 5) is 45.7. The van der Waals surface area contributed by atoms with Gasteiger partial charge in [-0.2, -0.15) is 0 Å². The highest BCUT2D eigenvalue weighted by Crippen LogP contribution is 2.57. The van der Waals surface area contributed by atoms with Crippen LogP contribution in [0, 0.1) is 10.1 Å². The van der Waals surface area contributed by atoms with Crippen molar-refractivity contribution in [3.8, 4) is 5.75 Å². The maximum atomic E-state index is 14.5. The van der Waals surface area contributed by atoms with Crippen molar-refractivity contribution in [2.75, 3.05) is 18.6 Å². The number of methoxy groups -OCH3 is 1. The summed E-state index contributed by atoms with van der Waals surface area (Å²) in [6.07, 6.45) is 0.252. The quantitative estimate of drug-likeness (QED) is 0.113. The summed E-state index contributed by atoms with van der Waals surface area (Å²) in [5.74, 6) is -1.49. The fourth-order valence-electron chi connectivity index (χ4n) is 8.17. The Morgan fingerprint density at radius 2 is 1.48 bits per heavy atom. The van der Waals surface area contributed by atoms with Crippen LogP contribution in [0.5, 0.6) is 5.75 Å². The zero-order valence-corrected chi connectivity index (χ0v) is 25.7. The summed E-state index contributed by atoms with van der Waals surface area (Å²) in [7, 11) is 1.57. The molecule has 0 N–H and O–H groups in total. The molecular formula is C37H35N3O6. The molecule has 0 aliphatic carbocycles. The third kappa shape index (κ3) is 4.48. The Kier molecular flexibility index (Phi) is 7.56. The molecule has 0 unspecified atom stereocenters. The lowest BCUT2D eigenvalue weighted by atomic mass is 9.71. The highest BCUT2D eigenvalue weighted by Gasteiger charge is 2.74. The predicted octanol–water partition coefficient (Wildman–Crippen LogP) is 5.37. The van der Waals surface area contributed by atoms with E-state index in [1.54, 1.807) is 43.2 Å². The summed E-state index contributed by atoms with van der Waals surface area (Å²) in [6, 6.07) is 31.1. The Morgan fingerprint density at radius 3 is 2.09 bits per heavy atom. The van der Waals surface area contributed by atoms with Crippen molar-refractivity contribution >= 4 is 17.6 Å². The van der Waals surface area contributed by atoms with Crippen molar-refractivity contribution in [2.24, 2.45) is 0 Å². The van der Waals surface area contributed by atoms with Crippen LogP contribution in [0.1, 0.15) is 41.0 Å². The molecule has 3 heterocycles. The number of rotatable bonds is 8. The standard InChI is InChI=1S/C37H35N3O6/c1-3-46-36(42)37-22-26-16-10-11-17-27(26)23-38(37)34(33(40(43)44)31(37)25-14-8-5-9-15-25)32-30(24-12-6-4-7-13-24)35(41)39(32)28-18-20-29(45-2)21-19-28/h4-21,30-34H,3,22-23H2,1-2H3/t30-,31+,32-,33+,34+,37+/m0/s1. The lowest BCUT2D eigenvalue weighted by Gasteiger charge is -2.53. The van der Waals surface area contributed by atoms with Crippen LogP contribution in [-0.2, 0) is 27.3 Å². The third-order valence-corrected chi connectivity index (χ3v) is 10.0. The van der Waals surface area contributed by atoms with Crippen molar-refractivity contribution in [2.45, 2.75) is 55.4 Å². The van der Waals surface area contributed by atoms with Gasteiger partial charge < -0.3 is 14.4 Å². The average molecular weight is 618 g/mol. The average Bonchev–Trinajstić information content (AvgIpc) is 3.38. The van der Waals surface area contributed by atoms with Gasteiger partial charge in [0.1, 0.15) is 17.3 Å². The molecule has 9 nitrogen and oxygen atoms in total. The number of fused-ring (bicyclic) bond motifs is 2. The van der Waals surface area contributed by atoms with E-state index < -0.39 is 41.5 Å². The molecule has 0 spiro atoms. The Balaban J connectivity index is 1.48. The number of anilines is 1. The lowest BCUT2D eigenvalue weighted by molar-refractivity contribution is -0.529. The highest BCUT2D eigenvalue weighted by atomic mass is 16.6. The molecular weight excluding hydrogens is 582 g/mol. The van der Waals surface area contributed by atoms with Gasteiger partial charge in [-0.25, -0.2) is 4.79 Å². The number of nitrogens with zero attached hydrogens (tertiary/aromatic N) is 3. The van der Waals surface area contributed by atoms with E-state index in [1.165, 1.54) is 0 Å². The van der Waals surface area contributed by atoms with Crippen LogP contribution < -0.4 is 9.64 Å². The summed E-state index contributed by atoms with van der Waals surface area (Å²) < 4.78 is 11.2. The minimum Gasteiger partial charge on any atom is -0.497 e. The van der Waals surface area contributed by atoms with E-state index >= 15 is 0 Å². The van der Waals surface area contributed by atoms with Crippen molar-refractivity contribution in [3.05, 3.63) is 142 Å². The monoisotopic (exact) mass is 617 g/mol. The van der Waals surface area contributed by atoms with Crippen LogP contribution in [-0.4, -0.2) is 59.1 Å². The van der Waals surface area contributed by atoms with Crippen molar-refractivity contribution in [1.29, 1.82) is 0 Å². The number of hydrogen-bond acceptors (Lipinski definition) is 7. The summed E-state index contributed by atoms with van der Waals surface area (Å²) >= 11 is 0. The van der Waals surface area contributed by atoms with E-state index in [9.17, 15) is 19.7 Å². The molecule has 9 heteroatoms. The topological polar surface area (TPSA) is 102 Å². The maximum absolute atomic E-state index is 14.5. The number of carbonyl (C=O) groups excluding carboxylic acids is 2. The first-order valence-corrected chi connectivity index (χ1v) is 15.6. The van der Waals surface area contributed by atoms with Crippen LogP contribution in [0.2, 0.25) is 0 Å². The molecule has 0 radical (unpaired) electrons. The molecule has 4 aromatic carbocycles. The molecule has 3 aliphatic rings. The van der Waals surface area contributed by atoms with Crippen LogP contribution in [0.15, 0.2) is 109 Å². The number of β-lactam (4-membered cyclic amide) rings is 1. The van der Waals surface area contributed by atoms with Gasteiger partial charge in [0.2, 0.25) is 11.9 Å². The number of ether oxygens (including phenoxy) is 2. The SMILES string of the molecule is CCOC(=O)[C@]12Cc3ccccc3CN1[C@H]([C@@H]1[C@H](c3ccccc3)C(=O)N1c1ccc(OC)cc1)[C@H]([N+](=O)[O-])[C@H]2c1ccccc1. The Bertz CT molecular complexity index is 1770. The van der Waals surface area contributed by atoms with Gasteiger partial charge in [0, 0.05) is 23.6 Å². The van der Waals surface area contributed by atoms with E-state index in [-0.39, 0.29) is 23.9 Å². The van der Waals surface area contributed by atoms with Gasteiger partial charge in [0.15, 0.2) is 0 Å². The summed E-state index contributed by atoms with van der Waals surface area (Å²) in [6.45, 7) is 2.19. The van der Waals surface area contributed by atoms with E-state index in [2.05, 4.69) is 0 Å². The lowest BCUT2D eigenvalue weighted by Crippen LogP contribution is -2.71. The summed E-state index contributed by atoms with van der Waals surface area (Å²) in [5.41, 5.74) is 2.69. The van der Waals surface area contributed by atoms with Crippen molar-refractivity contribution in [3.63, 3.8) is 0 Å². The zero-order chi connectivity index (χ0) is 32.0. The van der Waals surface area contributed by atoms with Crippen LogP contribution in [0.4, 0.5) is 5.69 Å². The second kappa shape index (κ2) is 11.7. The first-order chi connectivity index (χ1) is 22.4. The minimum absolute atomic E-state index is 0.137. The van der Waals surface area contributed by atoms with Crippen LogP contribution in [0.25, 0.3) is 0 Å². The molecule has 46 heavy (non-hydrogen) atoms. The normalized spacial score (nSPS) is 26.9. The minimum atomic E-state index is -1.38. The molecule has 1 amide bonds. The molecule has 0 aromatic heterocycles. The Hall–Kier alpha value is -5.02. The molecule has 7 rings (SSSR count). The number of carbonyl (C=O) groups is 2. The van der Waals surface area contributed by atoms with E-state index in [1.807, 2.05) is 89.8 Å². The molecule has 234 valence electrons. The van der Waals surface area contributed by atoms with E-state index in [4.69, 9.17) is 9.47 Å². The van der Waals surface area contributed by atoms with Gasteiger partial charge >= 0.3 is 5.97 Å². The largest absolute Gasteiger partial charge is 0.497 e. The second-order valence-electron chi connectivity index (χ2n) is 12.2. The van der Waals surface area contributed by atoms with Crippen molar-refractivity contribution < 1.29 is 24.0 Å². The summed E-state index contributed by atoms with van der Waals surface area (Å²) in [5, 5.41) is 13.5. The number of benzene rings is 4. The number of nitro groups is 1. The highest BCUT2D eigenvalue weighted by molar-refractivity contribution is 6.07. The predicted molar refractivity (Wildman–Crippen MR) is 172 cm³/mol. The maximum Gasteiger partial charge on any atom is 0.327 e. The fourth-order valence-corrected chi connectivity index (χ4v) is 8.17. The van der Waals surface area contributed by atoms with Crippen LogP contribution in [0.3, 0.4) is 0 Å². The van der Waals surface area contributed by atoms with Gasteiger partial charge in [0.25, 0.3) is 0 Å². The smallest absolute Gasteiger partial charge is 0.327 e. The van der Waals surface area contributed by atoms with Gasteiger partial charge in [-0.15, -0.1) is 0 Å². The van der Waals surface area contributed by atoms with Gasteiger partial charge in [0.05, 0.1) is 31.6 Å². The Morgan fingerprint density at radius 1 is 0.870 bits per heavy atom. The Labute approximate surface area is 267 Å². The van der Waals surface area contributed by atoms with E-state index in [0.29, 0.717) is 23.5 Å². The number of esters is 1. The first-order valence-electron chi connectivity index (χ1n) is 15.6. The van der Waals surface area contributed by atoms with Crippen LogP contribution >= 0.6 is 0 Å².